The minimum atomic E-state index is -0.0330. The van der Waals surface area contributed by atoms with E-state index in [9.17, 15) is 4.79 Å². The Hall–Kier alpha value is -1.62. The highest BCUT2D eigenvalue weighted by atomic mass is 16.2. The normalized spacial score (nSPS) is 11.3. The van der Waals surface area contributed by atoms with Crippen LogP contribution in [0.2, 0.25) is 0 Å². The molecule has 0 unspecified atom stereocenters. The molecule has 0 saturated carbocycles. The van der Waals surface area contributed by atoms with Gasteiger partial charge in [0.15, 0.2) is 0 Å². The van der Waals surface area contributed by atoms with E-state index < -0.39 is 0 Å². The Balaban J connectivity index is 2.88. The van der Waals surface area contributed by atoms with Crippen LogP contribution in [0, 0.1) is 5.41 Å². The third kappa shape index (κ3) is 4.20. The molecular weight excluding hydrogens is 252 g/mol. The summed E-state index contributed by atoms with van der Waals surface area (Å²) in [5, 5.41) is 0. The zero-order valence-corrected chi connectivity index (χ0v) is 13.2. The zero-order chi connectivity index (χ0) is 15.3. The van der Waals surface area contributed by atoms with Gasteiger partial charge < -0.3 is 15.5 Å². The molecule has 0 spiro atoms. The Kier molecular flexibility index (Phi) is 5.51. The van der Waals surface area contributed by atoms with Gasteiger partial charge in [0, 0.05) is 33.4 Å². The fourth-order valence-electron chi connectivity index (χ4n) is 1.89. The van der Waals surface area contributed by atoms with Crippen LogP contribution in [0.3, 0.4) is 0 Å². The van der Waals surface area contributed by atoms with Gasteiger partial charge in [-0.15, -0.1) is 0 Å². The van der Waals surface area contributed by atoms with Crippen LogP contribution in [0.5, 0.6) is 0 Å². The van der Waals surface area contributed by atoms with Crippen LogP contribution in [0.4, 0.5) is 5.82 Å². The van der Waals surface area contributed by atoms with Crippen LogP contribution < -0.4 is 10.6 Å². The highest BCUT2D eigenvalue weighted by Crippen LogP contribution is 2.20. The van der Waals surface area contributed by atoms with E-state index in [1.807, 2.05) is 12.1 Å². The molecule has 0 fully saturated rings. The molecule has 0 aliphatic carbocycles. The predicted octanol–water partition coefficient (Wildman–Crippen LogP) is 1.59. The van der Waals surface area contributed by atoms with Gasteiger partial charge in [-0.05, 0) is 31.0 Å². The zero-order valence-electron chi connectivity index (χ0n) is 13.2. The molecule has 0 atom stereocenters. The van der Waals surface area contributed by atoms with Gasteiger partial charge in [0.2, 0.25) is 0 Å². The lowest BCUT2D eigenvalue weighted by Gasteiger charge is -2.31. The van der Waals surface area contributed by atoms with Crippen LogP contribution in [-0.4, -0.2) is 49.5 Å². The minimum Gasteiger partial charge on any atom is -0.356 e. The van der Waals surface area contributed by atoms with Crippen LogP contribution in [-0.2, 0) is 0 Å². The van der Waals surface area contributed by atoms with Crippen LogP contribution in [0.25, 0.3) is 0 Å². The standard InChI is InChI=1S/C15H26N4O/c1-6-19(11-15(2,3)10-16)13-8-7-12(9-17-13)14(20)18(4)5/h7-9H,6,10-11,16H2,1-5H3. The summed E-state index contributed by atoms with van der Waals surface area (Å²) >= 11 is 0. The second-order valence-corrected chi connectivity index (χ2v) is 5.99. The van der Waals surface area contributed by atoms with Crippen molar-refractivity contribution < 1.29 is 4.79 Å². The maximum absolute atomic E-state index is 11.8. The average Bonchev–Trinajstić information content (AvgIpc) is 2.44. The quantitative estimate of drug-likeness (QED) is 0.858. The molecule has 2 N–H and O–H groups in total. The Morgan fingerprint density at radius 3 is 2.40 bits per heavy atom. The van der Waals surface area contributed by atoms with Gasteiger partial charge in [0.1, 0.15) is 5.82 Å². The Morgan fingerprint density at radius 1 is 1.35 bits per heavy atom. The van der Waals surface area contributed by atoms with Crippen molar-refractivity contribution in [1.29, 1.82) is 0 Å². The molecule has 5 nitrogen and oxygen atoms in total. The molecule has 1 aromatic rings. The number of nitrogens with zero attached hydrogens (tertiary/aromatic N) is 3. The molecule has 0 aliphatic rings. The van der Waals surface area contributed by atoms with Crippen LogP contribution in [0.15, 0.2) is 18.3 Å². The smallest absolute Gasteiger partial charge is 0.254 e. The summed E-state index contributed by atoms with van der Waals surface area (Å²) in [7, 11) is 3.47. The second kappa shape index (κ2) is 6.70. The fraction of sp³-hybridized carbons (Fsp3) is 0.600. The van der Waals surface area contributed by atoms with Gasteiger partial charge in [-0.3, -0.25) is 4.79 Å². The monoisotopic (exact) mass is 278 g/mol. The number of carbonyl (C=O) groups is 1. The summed E-state index contributed by atoms with van der Waals surface area (Å²) in [5.74, 6) is 0.846. The lowest BCUT2D eigenvalue weighted by molar-refractivity contribution is 0.0827. The third-order valence-electron chi connectivity index (χ3n) is 3.28. The minimum absolute atomic E-state index is 0.0330. The van der Waals surface area contributed by atoms with E-state index in [4.69, 9.17) is 5.73 Å². The van der Waals surface area contributed by atoms with E-state index in [1.54, 1.807) is 25.2 Å². The molecule has 1 rings (SSSR count). The maximum Gasteiger partial charge on any atom is 0.254 e. The van der Waals surface area contributed by atoms with Gasteiger partial charge in [0.05, 0.1) is 5.56 Å². The molecule has 0 radical (unpaired) electrons. The summed E-state index contributed by atoms with van der Waals surface area (Å²) in [6, 6.07) is 3.72. The van der Waals surface area contributed by atoms with Gasteiger partial charge in [0.25, 0.3) is 5.91 Å². The van der Waals surface area contributed by atoms with Crippen molar-refractivity contribution in [2.75, 3.05) is 38.6 Å². The van der Waals surface area contributed by atoms with Crippen molar-refractivity contribution in [1.82, 2.24) is 9.88 Å². The maximum atomic E-state index is 11.8. The molecule has 0 aromatic carbocycles. The molecule has 0 saturated heterocycles. The Morgan fingerprint density at radius 2 is 2.00 bits per heavy atom. The molecule has 20 heavy (non-hydrogen) atoms. The third-order valence-corrected chi connectivity index (χ3v) is 3.28. The van der Waals surface area contributed by atoms with Gasteiger partial charge in [-0.2, -0.15) is 0 Å². The highest BCUT2D eigenvalue weighted by molar-refractivity contribution is 5.93. The van der Waals surface area contributed by atoms with E-state index >= 15 is 0 Å². The molecule has 5 heteroatoms. The van der Waals surface area contributed by atoms with E-state index in [1.165, 1.54) is 0 Å². The summed E-state index contributed by atoms with van der Waals surface area (Å²) in [4.78, 5) is 20.0. The molecular formula is C15H26N4O. The molecule has 1 aromatic heterocycles. The van der Waals surface area contributed by atoms with Crippen molar-refractivity contribution in [2.24, 2.45) is 11.1 Å². The van der Waals surface area contributed by atoms with Crippen molar-refractivity contribution >= 4 is 11.7 Å². The number of aromatic nitrogens is 1. The molecule has 0 aliphatic heterocycles. The topological polar surface area (TPSA) is 62.5 Å². The first-order valence-corrected chi connectivity index (χ1v) is 6.93. The van der Waals surface area contributed by atoms with Crippen molar-refractivity contribution in [3.8, 4) is 0 Å². The van der Waals surface area contributed by atoms with E-state index in [0.29, 0.717) is 12.1 Å². The lowest BCUT2D eigenvalue weighted by atomic mass is 9.93. The Labute approximate surface area is 121 Å². The molecule has 1 amide bonds. The first-order valence-electron chi connectivity index (χ1n) is 6.93. The van der Waals surface area contributed by atoms with Crippen molar-refractivity contribution in [3.05, 3.63) is 23.9 Å². The highest BCUT2D eigenvalue weighted by Gasteiger charge is 2.20. The number of anilines is 1. The summed E-state index contributed by atoms with van der Waals surface area (Å²) in [6.45, 7) is 8.69. The number of carbonyl (C=O) groups excluding carboxylic acids is 1. The van der Waals surface area contributed by atoms with Crippen LogP contribution >= 0.6 is 0 Å². The number of hydrogen-bond donors (Lipinski definition) is 1. The van der Waals surface area contributed by atoms with Crippen molar-refractivity contribution in [2.45, 2.75) is 20.8 Å². The summed E-state index contributed by atoms with van der Waals surface area (Å²) in [6.07, 6.45) is 1.63. The lowest BCUT2D eigenvalue weighted by Crippen LogP contribution is -2.39. The molecule has 0 bridgehead atoms. The Bertz CT molecular complexity index is 440. The number of hydrogen-bond acceptors (Lipinski definition) is 4. The number of pyridine rings is 1. The first kappa shape index (κ1) is 16.4. The van der Waals surface area contributed by atoms with E-state index in [-0.39, 0.29) is 11.3 Å². The van der Waals surface area contributed by atoms with Crippen LogP contribution in [0.1, 0.15) is 31.1 Å². The summed E-state index contributed by atoms with van der Waals surface area (Å²) in [5.41, 5.74) is 6.43. The number of nitrogens with two attached hydrogens (primary N) is 1. The van der Waals surface area contributed by atoms with E-state index in [0.717, 1.165) is 18.9 Å². The predicted molar refractivity (Wildman–Crippen MR) is 83.0 cm³/mol. The average molecular weight is 278 g/mol. The fourth-order valence-corrected chi connectivity index (χ4v) is 1.89. The second-order valence-electron chi connectivity index (χ2n) is 5.99. The van der Waals surface area contributed by atoms with Gasteiger partial charge in [-0.1, -0.05) is 13.8 Å². The first-order chi connectivity index (χ1) is 9.30. The van der Waals surface area contributed by atoms with Gasteiger partial charge in [-0.25, -0.2) is 4.98 Å². The molecule has 112 valence electrons. The SMILES string of the molecule is CCN(CC(C)(C)CN)c1ccc(C(=O)N(C)C)cn1. The van der Waals surface area contributed by atoms with E-state index in [2.05, 4.69) is 30.7 Å². The largest absolute Gasteiger partial charge is 0.356 e. The number of rotatable bonds is 6. The van der Waals surface area contributed by atoms with Crippen molar-refractivity contribution in [3.63, 3.8) is 0 Å². The molecule has 1 heterocycles. The summed E-state index contributed by atoms with van der Waals surface area (Å²) < 4.78 is 0. The number of amides is 1. The van der Waals surface area contributed by atoms with Gasteiger partial charge >= 0.3 is 0 Å².